The fraction of sp³-hybridized carbons (Fsp3) is 0.471. The Morgan fingerprint density at radius 3 is 3.04 bits per heavy atom. The fourth-order valence-electron chi connectivity index (χ4n) is 3.43. The number of hydrogen-bond donors (Lipinski definition) is 2. The van der Waals surface area contributed by atoms with E-state index in [1.54, 1.807) is 18.1 Å². The molecule has 24 heavy (non-hydrogen) atoms. The van der Waals surface area contributed by atoms with Crippen LogP contribution in [0.15, 0.2) is 23.6 Å². The molecule has 1 aliphatic heterocycles. The molecule has 4 rings (SSSR count). The first-order valence-corrected chi connectivity index (χ1v) is 9.42. The maximum atomic E-state index is 12.5. The zero-order valence-electron chi connectivity index (χ0n) is 13.7. The molecule has 0 atom stereocenters. The number of anilines is 1. The summed E-state index contributed by atoms with van der Waals surface area (Å²) in [7, 11) is 0. The van der Waals surface area contributed by atoms with E-state index in [-0.39, 0.29) is 5.91 Å². The molecule has 0 unspecified atom stereocenters. The van der Waals surface area contributed by atoms with Crippen molar-refractivity contribution in [1.29, 1.82) is 0 Å². The van der Waals surface area contributed by atoms with Crippen molar-refractivity contribution >= 4 is 34.5 Å². The van der Waals surface area contributed by atoms with Crippen LogP contribution in [0.1, 0.15) is 31.2 Å². The molecule has 1 fully saturated rings. The van der Waals surface area contributed by atoms with Crippen molar-refractivity contribution in [1.82, 2.24) is 20.3 Å². The molecule has 2 N–H and O–H groups in total. The van der Waals surface area contributed by atoms with Gasteiger partial charge in [0.15, 0.2) is 0 Å². The molecule has 0 bridgehead atoms. The number of carbonyl (C=O) groups excluding carboxylic acids is 1. The van der Waals surface area contributed by atoms with Crippen LogP contribution in [0, 0.1) is 6.92 Å². The average molecular weight is 343 g/mol. The van der Waals surface area contributed by atoms with Crippen LogP contribution < -0.4 is 10.2 Å². The molecule has 0 spiro atoms. The zero-order valence-corrected chi connectivity index (χ0v) is 14.5. The Morgan fingerprint density at radius 2 is 2.21 bits per heavy atom. The van der Waals surface area contributed by atoms with Gasteiger partial charge in [-0.2, -0.15) is 0 Å². The van der Waals surface area contributed by atoms with Crippen LogP contribution in [0.25, 0.3) is 11.0 Å². The Hall–Kier alpha value is -2.02. The van der Waals surface area contributed by atoms with Crippen molar-refractivity contribution < 1.29 is 4.79 Å². The maximum Gasteiger partial charge on any atom is 0.259 e. The van der Waals surface area contributed by atoms with Gasteiger partial charge in [-0.05, 0) is 25.3 Å². The van der Waals surface area contributed by atoms with E-state index in [0.29, 0.717) is 6.04 Å². The molecule has 3 heterocycles. The highest BCUT2D eigenvalue weighted by molar-refractivity contribution is 8.04. The summed E-state index contributed by atoms with van der Waals surface area (Å²) in [6, 6.07) is 0.340. The Bertz CT molecular complexity index is 793. The standard InChI is InChI=1S/C17H21N5OS/c1-11-8-18-15-14(11)16(20-10-19-15)22-6-7-24-13(9-22)17(23)21-12-4-2-3-5-12/h8-10,12H,2-7H2,1H3,(H,21,23)(H,18,19,20). The van der Waals surface area contributed by atoms with Gasteiger partial charge in [0.05, 0.1) is 10.3 Å². The van der Waals surface area contributed by atoms with Crippen molar-refractivity contribution in [3.63, 3.8) is 0 Å². The molecule has 1 saturated carbocycles. The Balaban J connectivity index is 1.61. The van der Waals surface area contributed by atoms with Crippen molar-refractivity contribution in [2.24, 2.45) is 0 Å². The van der Waals surface area contributed by atoms with Gasteiger partial charge < -0.3 is 15.2 Å². The lowest BCUT2D eigenvalue weighted by Crippen LogP contribution is -2.35. The molecule has 7 heteroatoms. The molecule has 6 nitrogen and oxygen atoms in total. The molecule has 1 amide bonds. The number of aryl methyl sites for hydroxylation is 1. The first-order chi connectivity index (χ1) is 11.7. The minimum atomic E-state index is 0.0488. The number of rotatable bonds is 3. The van der Waals surface area contributed by atoms with E-state index < -0.39 is 0 Å². The van der Waals surface area contributed by atoms with E-state index in [1.807, 2.05) is 19.3 Å². The number of nitrogens with zero attached hydrogens (tertiary/aromatic N) is 3. The number of H-pyrrole nitrogens is 1. The Morgan fingerprint density at radius 1 is 1.38 bits per heavy atom. The smallest absolute Gasteiger partial charge is 0.259 e. The highest BCUT2D eigenvalue weighted by atomic mass is 32.2. The largest absolute Gasteiger partial charge is 0.349 e. The molecule has 2 aromatic rings. The van der Waals surface area contributed by atoms with E-state index in [2.05, 4.69) is 25.2 Å². The third-order valence-electron chi connectivity index (χ3n) is 4.70. The highest BCUT2D eigenvalue weighted by Crippen LogP contribution is 2.31. The van der Waals surface area contributed by atoms with Gasteiger partial charge in [0.25, 0.3) is 5.91 Å². The van der Waals surface area contributed by atoms with Crippen molar-refractivity contribution in [2.75, 3.05) is 17.2 Å². The Kier molecular flexibility index (Phi) is 4.18. The van der Waals surface area contributed by atoms with Crippen LogP contribution in [0.3, 0.4) is 0 Å². The van der Waals surface area contributed by atoms with Gasteiger partial charge >= 0.3 is 0 Å². The molecular weight excluding hydrogens is 322 g/mol. The number of fused-ring (bicyclic) bond motifs is 1. The first kappa shape index (κ1) is 15.5. The van der Waals surface area contributed by atoms with Crippen LogP contribution in [0.5, 0.6) is 0 Å². The molecule has 126 valence electrons. The second-order valence-electron chi connectivity index (χ2n) is 6.38. The van der Waals surface area contributed by atoms with E-state index in [0.717, 1.165) is 52.5 Å². The summed E-state index contributed by atoms with van der Waals surface area (Å²) in [5.74, 6) is 1.79. The van der Waals surface area contributed by atoms with Crippen molar-refractivity contribution in [2.45, 2.75) is 38.6 Å². The van der Waals surface area contributed by atoms with Crippen LogP contribution in [-0.4, -0.2) is 39.2 Å². The van der Waals surface area contributed by atoms with Gasteiger partial charge in [-0.1, -0.05) is 12.8 Å². The topological polar surface area (TPSA) is 73.9 Å². The average Bonchev–Trinajstić information content (AvgIpc) is 3.25. The van der Waals surface area contributed by atoms with Gasteiger partial charge in [0.1, 0.15) is 17.8 Å². The van der Waals surface area contributed by atoms with Crippen molar-refractivity contribution in [3.8, 4) is 0 Å². The first-order valence-electron chi connectivity index (χ1n) is 8.43. The summed E-state index contributed by atoms with van der Waals surface area (Å²) < 4.78 is 0. The number of hydrogen-bond acceptors (Lipinski definition) is 5. The minimum absolute atomic E-state index is 0.0488. The SMILES string of the molecule is Cc1c[nH]c2ncnc(N3C=C(C(=O)NC4CCCC4)SCC3)c12. The number of aromatic amines is 1. The van der Waals surface area contributed by atoms with Gasteiger partial charge in [-0.15, -0.1) is 11.8 Å². The number of aromatic nitrogens is 3. The lowest BCUT2D eigenvalue weighted by molar-refractivity contribution is -0.117. The van der Waals surface area contributed by atoms with E-state index in [1.165, 1.54) is 12.8 Å². The second kappa shape index (κ2) is 6.47. The fourth-order valence-corrected chi connectivity index (χ4v) is 4.33. The summed E-state index contributed by atoms with van der Waals surface area (Å²) in [6.07, 6.45) is 10.1. The molecular formula is C17H21N5OS. The Labute approximate surface area is 145 Å². The summed E-state index contributed by atoms with van der Waals surface area (Å²) >= 11 is 1.62. The van der Waals surface area contributed by atoms with Gasteiger partial charge in [-0.25, -0.2) is 9.97 Å². The van der Waals surface area contributed by atoms with Gasteiger partial charge in [-0.3, -0.25) is 4.79 Å². The van der Waals surface area contributed by atoms with Crippen LogP contribution in [-0.2, 0) is 4.79 Å². The predicted octanol–water partition coefficient (Wildman–Crippen LogP) is 2.72. The number of carbonyl (C=O) groups is 1. The number of amides is 1. The maximum absolute atomic E-state index is 12.5. The molecule has 0 aromatic carbocycles. The molecule has 2 aromatic heterocycles. The molecule has 2 aliphatic rings. The normalized spacial score (nSPS) is 18.9. The molecule has 0 saturated heterocycles. The molecule has 0 radical (unpaired) electrons. The predicted molar refractivity (Wildman–Crippen MR) is 96.9 cm³/mol. The second-order valence-corrected chi connectivity index (χ2v) is 7.52. The molecule has 1 aliphatic carbocycles. The summed E-state index contributed by atoms with van der Waals surface area (Å²) in [5.41, 5.74) is 1.95. The monoisotopic (exact) mass is 343 g/mol. The van der Waals surface area contributed by atoms with Crippen molar-refractivity contribution in [3.05, 3.63) is 29.2 Å². The quantitative estimate of drug-likeness (QED) is 0.896. The highest BCUT2D eigenvalue weighted by Gasteiger charge is 2.24. The lowest BCUT2D eigenvalue weighted by Gasteiger charge is -2.26. The third-order valence-corrected chi connectivity index (χ3v) is 5.68. The van der Waals surface area contributed by atoms with Crippen LogP contribution >= 0.6 is 11.8 Å². The van der Waals surface area contributed by atoms with E-state index >= 15 is 0 Å². The van der Waals surface area contributed by atoms with Crippen LogP contribution in [0.2, 0.25) is 0 Å². The lowest BCUT2D eigenvalue weighted by atomic mass is 10.2. The number of nitrogens with one attached hydrogen (secondary N) is 2. The van der Waals surface area contributed by atoms with Crippen LogP contribution in [0.4, 0.5) is 5.82 Å². The summed E-state index contributed by atoms with van der Waals surface area (Å²) in [6.45, 7) is 2.88. The van der Waals surface area contributed by atoms with E-state index in [4.69, 9.17) is 0 Å². The zero-order chi connectivity index (χ0) is 16.5. The van der Waals surface area contributed by atoms with Gasteiger partial charge in [0.2, 0.25) is 0 Å². The minimum Gasteiger partial charge on any atom is -0.349 e. The summed E-state index contributed by atoms with van der Waals surface area (Å²) in [5, 5.41) is 4.19. The third kappa shape index (κ3) is 2.88. The summed E-state index contributed by atoms with van der Waals surface area (Å²) in [4.78, 5) is 27.3. The van der Waals surface area contributed by atoms with Gasteiger partial charge in [0, 0.05) is 30.7 Å². The van der Waals surface area contributed by atoms with E-state index in [9.17, 15) is 4.79 Å². The number of thioether (sulfide) groups is 1.